The molecule has 3 heterocycles. The normalized spacial score (nSPS) is 17.6. The number of amides is 1. The summed E-state index contributed by atoms with van der Waals surface area (Å²) in [5, 5.41) is 17.9. The molecule has 2 fully saturated rings. The minimum atomic E-state index is -0.366. The van der Waals surface area contributed by atoms with E-state index in [4.69, 9.17) is 0 Å². The lowest BCUT2D eigenvalue weighted by Gasteiger charge is -2.12. The summed E-state index contributed by atoms with van der Waals surface area (Å²) < 4.78 is 15.1. The number of H-pyrrole nitrogens is 1. The molecule has 4 aromatic rings. The summed E-state index contributed by atoms with van der Waals surface area (Å²) in [4.78, 5) is 16.9. The quantitative estimate of drug-likeness (QED) is 0.322. The highest BCUT2D eigenvalue weighted by molar-refractivity contribution is 6.00. The van der Waals surface area contributed by atoms with E-state index in [-0.39, 0.29) is 18.3 Å². The van der Waals surface area contributed by atoms with Crippen LogP contribution in [0.4, 0.5) is 10.2 Å². The third kappa shape index (κ3) is 4.49. The zero-order chi connectivity index (χ0) is 23.8. The molecular weight excluding hydrogens is 443 g/mol. The number of nitrogens with zero attached hydrogens (tertiary/aromatic N) is 2. The van der Waals surface area contributed by atoms with Crippen LogP contribution in [0.5, 0.6) is 0 Å². The first-order valence-corrected chi connectivity index (χ1v) is 12.1. The molecule has 8 heteroatoms. The van der Waals surface area contributed by atoms with Crippen molar-refractivity contribution < 1.29 is 9.18 Å². The number of benzene rings is 2. The van der Waals surface area contributed by atoms with E-state index >= 15 is 4.39 Å². The van der Waals surface area contributed by atoms with Gasteiger partial charge in [0.1, 0.15) is 5.82 Å². The van der Waals surface area contributed by atoms with Crippen molar-refractivity contribution in [2.75, 3.05) is 18.4 Å². The maximum Gasteiger partial charge on any atom is 0.251 e. The topological polar surface area (TPSA) is 94.7 Å². The predicted octanol–water partition coefficient (Wildman–Crippen LogP) is 4.35. The predicted molar refractivity (Wildman–Crippen MR) is 134 cm³/mol. The number of halogens is 1. The van der Waals surface area contributed by atoms with Crippen molar-refractivity contribution in [3.05, 3.63) is 77.2 Å². The van der Waals surface area contributed by atoms with Gasteiger partial charge in [-0.1, -0.05) is 24.3 Å². The number of anilines is 1. The van der Waals surface area contributed by atoms with E-state index in [2.05, 4.69) is 31.1 Å². The Kier molecular flexibility index (Phi) is 5.66. The summed E-state index contributed by atoms with van der Waals surface area (Å²) in [6.07, 6.45) is 5.16. The van der Waals surface area contributed by atoms with E-state index in [1.54, 1.807) is 12.3 Å². The van der Waals surface area contributed by atoms with Gasteiger partial charge in [0.15, 0.2) is 11.5 Å². The smallest absolute Gasteiger partial charge is 0.251 e. The Bertz CT molecular complexity index is 1370. The van der Waals surface area contributed by atoms with Crippen LogP contribution in [0.1, 0.15) is 46.7 Å². The van der Waals surface area contributed by atoms with Crippen molar-refractivity contribution in [3.63, 3.8) is 0 Å². The van der Waals surface area contributed by atoms with Gasteiger partial charge >= 0.3 is 0 Å². The van der Waals surface area contributed by atoms with Crippen LogP contribution in [0.2, 0.25) is 0 Å². The first-order chi connectivity index (χ1) is 17.2. The van der Waals surface area contributed by atoms with E-state index in [0.29, 0.717) is 28.7 Å². The zero-order valence-electron chi connectivity index (χ0n) is 19.3. The Morgan fingerprint density at radius 3 is 2.69 bits per heavy atom. The maximum atomic E-state index is 15.1. The van der Waals surface area contributed by atoms with Crippen molar-refractivity contribution in [2.24, 2.45) is 0 Å². The fourth-order valence-corrected chi connectivity index (χ4v) is 4.73. The average molecular weight is 471 g/mol. The molecule has 2 aromatic carbocycles. The number of aromatic nitrogens is 3. The molecule has 1 aliphatic carbocycles. The van der Waals surface area contributed by atoms with Crippen LogP contribution in [0.15, 0.2) is 54.7 Å². The van der Waals surface area contributed by atoms with Gasteiger partial charge in [-0.3, -0.25) is 9.89 Å². The molecule has 0 unspecified atom stereocenters. The molecule has 35 heavy (non-hydrogen) atoms. The third-order valence-corrected chi connectivity index (χ3v) is 6.89. The highest BCUT2D eigenvalue weighted by atomic mass is 19.1. The Morgan fingerprint density at radius 2 is 1.94 bits per heavy atom. The number of nitrogens with one attached hydrogen (secondary N) is 4. The molecule has 0 bridgehead atoms. The highest BCUT2D eigenvalue weighted by Crippen LogP contribution is 2.40. The lowest BCUT2D eigenvalue weighted by molar-refractivity contribution is 0.0950. The van der Waals surface area contributed by atoms with Gasteiger partial charge in [-0.05, 0) is 72.7 Å². The van der Waals surface area contributed by atoms with Crippen LogP contribution in [0.25, 0.3) is 22.2 Å². The summed E-state index contributed by atoms with van der Waals surface area (Å²) in [6.45, 7) is 1.97. The lowest BCUT2D eigenvalue weighted by Crippen LogP contribution is -2.23. The van der Waals surface area contributed by atoms with Gasteiger partial charge in [-0.25, -0.2) is 9.37 Å². The molecule has 1 saturated heterocycles. The summed E-state index contributed by atoms with van der Waals surface area (Å²) >= 11 is 0. The van der Waals surface area contributed by atoms with Crippen molar-refractivity contribution >= 4 is 22.8 Å². The van der Waals surface area contributed by atoms with Crippen LogP contribution >= 0.6 is 0 Å². The minimum absolute atomic E-state index is 0.119. The number of carbonyl (C=O) groups is 1. The van der Waals surface area contributed by atoms with Gasteiger partial charge in [0.05, 0.1) is 5.39 Å². The fourth-order valence-electron chi connectivity index (χ4n) is 4.73. The Hall–Kier alpha value is -3.78. The number of pyridine rings is 1. The van der Waals surface area contributed by atoms with E-state index in [9.17, 15) is 4.79 Å². The largest absolute Gasteiger partial charge is 0.364 e. The fraction of sp³-hybridized carbons (Fsp3) is 0.296. The minimum Gasteiger partial charge on any atom is -0.364 e. The Morgan fingerprint density at radius 1 is 1.09 bits per heavy atom. The lowest BCUT2D eigenvalue weighted by atomic mass is 10.0. The molecule has 1 atom stereocenters. The van der Waals surface area contributed by atoms with Crippen molar-refractivity contribution in [3.8, 4) is 11.1 Å². The van der Waals surface area contributed by atoms with E-state index in [1.165, 1.54) is 24.5 Å². The Balaban J connectivity index is 1.19. The monoisotopic (exact) mass is 470 g/mol. The van der Waals surface area contributed by atoms with Crippen LogP contribution in [0, 0.1) is 5.82 Å². The average Bonchev–Trinajstić information content (AvgIpc) is 3.46. The van der Waals surface area contributed by atoms with Gasteiger partial charge in [-0.2, -0.15) is 5.10 Å². The molecule has 1 amide bonds. The van der Waals surface area contributed by atoms with Crippen molar-refractivity contribution in [1.29, 1.82) is 0 Å². The third-order valence-electron chi connectivity index (χ3n) is 6.89. The molecular formula is C27H27FN6O. The van der Waals surface area contributed by atoms with Crippen LogP contribution in [-0.2, 0) is 6.54 Å². The Labute approximate surface area is 202 Å². The van der Waals surface area contributed by atoms with Gasteiger partial charge in [0.25, 0.3) is 5.91 Å². The molecule has 178 valence electrons. The number of aromatic amines is 1. The van der Waals surface area contributed by atoms with E-state index in [0.717, 1.165) is 41.8 Å². The molecule has 1 saturated carbocycles. The number of fused-ring (bicyclic) bond motifs is 1. The second kappa shape index (κ2) is 9.11. The van der Waals surface area contributed by atoms with Gasteiger partial charge in [0, 0.05) is 36.5 Å². The molecule has 0 spiro atoms. The molecule has 1 aliphatic heterocycles. The number of carbonyl (C=O) groups excluding carboxylic acids is 1. The maximum absolute atomic E-state index is 15.1. The standard InChI is InChI=1S/C27H27FN6O/c28-23-13-19(22-10-12-30-25-24(22)26(34-33-25)32-21-9-11-29-15-21)7-8-20(23)14-31-27(35)18-5-3-17(4-6-18)16-1-2-16/h3-8,10,12-13,16,21,29H,1-2,9,11,14-15H2,(H,31,35)(H2,30,32,33,34)/t21-/m1/s1. The van der Waals surface area contributed by atoms with Gasteiger partial charge in [0.2, 0.25) is 0 Å². The van der Waals surface area contributed by atoms with Crippen molar-refractivity contribution in [2.45, 2.75) is 37.8 Å². The summed E-state index contributed by atoms with van der Waals surface area (Å²) in [5.41, 5.74) is 4.54. The zero-order valence-corrected chi connectivity index (χ0v) is 19.3. The van der Waals surface area contributed by atoms with Crippen LogP contribution in [-0.4, -0.2) is 40.2 Å². The number of hydrogen-bond donors (Lipinski definition) is 4. The first-order valence-electron chi connectivity index (χ1n) is 12.1. The SMILES string of the molecule is O=C(NCc1ccc(-c2ccnc3[nH]nc(N[C@@H]4CCNC4)c23)cc1F)c1ccc(C2CC2)cc1. The molecule has 2 aliphatic rings. The number of rotatable bonds is 7. The summed E-state index contributed by atoms with van der Waals surface area (Å²) in [5.74, 6) is 0.799. The first kappa shape index (κ1) is 21.7. The van der Waals surface area contributed by atoms with E-state index in [1.807, 2.05) is 36.4 Å². The van der Waals surface area contributed by atoms with Gasteiger partial charge in [-0.15, -0.1) is 0 Å². The molecule has 2 aromatic heterocycles. The van der Waals surface area contributed by atoms with Crippen molar-refractivity contribution in [1.82, 2.24) is 25.8 Å². The van der Waals surface area contributed by atoms with Gasteiger partial charge < -0.3 is 16.0 Å². The van der Waals surface area contributed by atoms with Crippen LogP contribution < -0.4 is 16.0 Å². The molecule has 6 rings (SSSR count). The molecule has 0 radical (unpaired) electrons. The summed E-state index contributed by atoms with van der Waals surface area (Å²) in [7, 11) is 0. The second-order valence-corrected chi connectivity index (χ2v) is 9.37. The van der Waals surface area contributed by atoms with E-state index < -0.39 is 0 Å². The molecule has 7 nitrogen and oxygen atoms in total. The summed E-state index contributed by atoms with van der Waals surface area (Å²) in [6, 6.07) is 15.0. The second-order valence-electron chi connectivity index (χ2n) is 9.37. The number of hydrogen-bond acceptors (Lipinski definition) is 5. The highest BCUT2D eigenvalue weighted by Gasteiger charge is 2.23. The molecule has 4 N–H and O–H groups in total. The van der Waals surface area contributed by atoms with Crippen LogP contribution in [0.3, 0.4) is 0 Å².